The van der Waals surface area contributed by atoms with Crippen LogP contribution in [0.2, 0.25) is 5.02 Å². The molecule has 1 unspecified atom stereocenters. The lowest BCUT2D eigenvalue weighted by molar-refractivity contribution is 0.220. The van der Waals surface area contributed by atoms with Crippen LogP contribution in [0, 0.1) is 6.92 Å². The Balaban J connectivity index is 2.35. The van der Waals surface area contributed by atoms with E-state index in [1.54, 1.807) is 12.1 Å². The third kappa shape index (κ3) is 2.43. The van der Waals surface area contributed by atoms with E-state index in [4.69, 9.17) is 11.6 Å². The maximum Gasteiger partial charge on any atom is 0.104 e. The predicted octanol–water partition coefficient (Wildman–Crippen LogP) is 3.73. The largest absolute Gasteiger partial charge is 0.384 e. The van der Waals surface area contributed by atoms with E-state index in [9.17, 15) is 5.11 Å². The fourth-order valence-corrected chi connectivity index (χ4v) is 1.91. The van der Waals surface area contributed by atoms with Crippen molar-refractivity contribution in [1.82, 2.24) is 0 Å². The molecule has 1 N–H and O–H groups in total. The van der Waals surface area contributed by atoms with Gasteiger partial charge in [0.15, 0.2) is 0 Å². The topological polar surface area (TPSA) is 20.2 Å². The second-order valence-corrected chi connectivity index (χ2v) is 4.31. The molecule has 1 atom stereocenters. The molecule has 0 bridgehead atoms. The fraction of sp³-hybridized carbons (Fsp3) is 0.143. The Labute approximate surface area is 100 Å². The van der Waals surface area contributed by atoms with Crippen molar-refractivity contribution in [3.63, 3.8) is 0 Å². The minimum absolute atomic E-state index is 0.612. The highest BCUT2D eigenvalue weighted by molar-refractivity contribution is 6.30. The minimum atomic E-state index is -0.612. The van der Waals surface area contributed by atoms with E-state index in [1.807, 2.05) is 43.3 Å². The summed E-state index contributed by atoms with van der Waals surface area (Å²) in [6.45, 7) is 2.01. The van der Waals surface area contributed by atoms with E-state index in [1.165, 1.54) is 0 Å². The average Bonchev–Trinajstić information content (AvgIpc) is 2.28. The van der Waals surface area contributed by atoms with Crippen LogP contribution in [0.5, 0.6) is 0 Å². The molecule has 0 saturated carbocycles. The summed E-state index contributed by atoms with van der Waals surface area (Å²) in [6, 6.07) is 15.1. The zero-order valence-corrected chi connectivity index (χ0v) is 9.78. The summed E-state index contributed by atoms with van der Waals surface area (Å²) in [5.41, 5.74) is 2.85. The normalized spacial score (nSPS) is 12.4. The Kier molecular flexibility index (Phi) is 3.28. The van der Waals surface area contributed by atoms with Crippen molar-refractivity contribution in [2.75, 3.05) is 0 Å². The minimum Gasteiger partial charge on any atom is -0.384 e. The standard InChI is InChI=1S/C14H13ClO/c1-10-4-2-5-11(8-10)14(16)12-6-3-7-13(15)9-12/h2-9,14,16H,1H3. The summed E-state index contributed by atoms with van der Waals surface area (Å²) in [6.07, 6.45) is -0.612. The number of hydrogen-bond acceptors (Lipinski definition) is 1. The first-order valence-electron chi connectivity index (χ1n) is 5.17. The van der Waals surface area contributed by atoms with Crippen molar-refractivity contribution < 1.29 is 5.11 Å². The molecular formula is C14H13ClO. The highest BCUT2D eigenvalue weighted by Crippen LogP contribution is 2.24. The van der Waals surface area contributed by atoms with Crippen LogP contribution >= 0.6 is 11.6 Å². The van der Waals surface area contributed by atoms with Crippen LogP contribution < -0.4 is 0 Å². The third-order valence-electron chi connectivity index (χ3n) is 2.52. The van der Waals surface area contributed by atoms with Gasteiger partial charge in [-0.3, -0.25) is 0 Å². The lowest BCUT2D eigenvalue weighted by Crippen LogP contribution is -1.99. The van der Waals surface area contributed by atoms with Gasteiger partial charge in [-0.15, -0.1) is 0 Å². The van der Waals surface area contributed by atoms with E-state index in [-0.39, 0.29) is 0 Å². The molecule has 0 aliphatic rings. The number of aryl methyl sites for hydroxylation is 1. The second kappa shape index (κ2) is 4.69. The van der Waals surface area contributed by atoms with Gasteiger partial charge in [-0.25, -0.2) is 0 Å². The highest BCUT2D eigenvalue weighted by Gasteiger charge is 2.10. The molecule has 1 nitrogen and oxygen atoms in total. The van der Waals surface area contributed by atoms with Crippen molar-refractivity contribution >= 4 is 11.6 Å². The zero-order chi connectivity index (χ0) is 11.5. The molecular weight excluding hydrogens is 220 g/mol. The number of rotatable bonds is 2. The Hall–Kier alpha value is -1.31. The maximum atomic E-state index is 10.2. The summed E-state index contributed by atoms with van der Waals surface area (Å²) in [5.74, 6) is 0. The summed E-state index contributed by atoms with van der Waals surface area (Å²) in [7, 11) is 0. The predicted molar refractivity (Wildman–Crippen MR) is 66.7 cm³/mol. The molecule has 0 spiro atoms. The molecule has 82 valence electrons. The Morgan fingerprint density at radius 1 is 1.00 bits per heavy atom. The molecule has 0 fully saturated rings. The van der Waals surface area contributed by atoms with Crippen LogP contribution in [0.15, 0.2) is 48.5 Å². The highest BCUT2D eigenvalue weighted by atomic mass is 35.5. The van der Waals surface area contributed by atoms with Crippen molar-refractivity contribution in [2.24, 2.45) is 0 Å². The lowest BCUT2D eigenvalue weighted by atomic mass is 10.0. The van der Waals surface area contributed by atoms with E-state index >= 15 is 0 Å². The van der Waals surface area contributed by atoms with Crippen LogP contribution in [0.25, 0.3) is 0 Å². The van der Waals surface area contributed by atoms with Crippen LogP contribution in [0.4, 0.5) is 0 Å². The number of aliphatic hydroxyl groups is 1. The Bertz CT molecular complexity index is 448. The molecule has 0 aromatic heterocycles. The molecule has 16 heavy (non-hydrogen) atoms. The summed E-state index contributed by atoms with van der Waals surface area (Å²) < 4.78 is 0. The Morgan fingerprint density at radius 2 is 1.62 bits per heavy atom. The number of hydrogen-bond donors (Lipinski definition) is 1. The van der Waals surface area contributed by atoms with Crippen molar-refractivity contribution in [3.05, 3.63) is 70.2 Å². The third-order valence-corrected chi connectivity index (χ3v) is 2.76. The molecule has 0 aliphatic carbocycles. The first-order chi connectivity index (χ1) is 7.66. The van der Waals surface area contributed by atoms with E-state index < -0.39 is 6.10 Å². The van der Waals surface area contributed by atoms with Gasteiger partial charge in [0, 0.05) is 5.02 Å². The number of aliphatic hydroxyl groups excluding tert-OH is 1. The van der Waals surface area contributed by atoms with Gasteiger partial charge >= 0.3 is 0 Å². The summed E-state index contributed by atoms with van der Waals surface area (Å²) in [4.78, 5) is 0. The molecule has 0 aliphatic heterocycles. The lowest BCUT2D eigenvalue weighted by Gasteiger charge is -2.12. The van der Waals surface area contributed by atoms with Crippen molar-refractivity contribution in [1.29, 1.82) is 0 Å². The summed E-state index contributed by atoms with van der Waals surface area (Å²) in [5, 5.41) is 10.8. The van der Waals surface area contributed by atoms with Crippen LogP contribution in [0.3, 0.4) is 0 Å². The van der Waals surface area contributed by atoms with E-state index in [0.29, 0.717) is 5.02 Å². The second-order valence-electron chi connectivity index (χ2n) is 3.87. The van der Waals surface area contributed by atoms with Gasteiger partial charge in [-0.1, -0.05) is 53.6 Å². The first-order valence-corrected chi connectivity index (χ1v) is 5.55. The molecule has 2 aromatic rings. The molecule has 0 saturated heterocycles. The zero-order valence-electron chi connectivity index (χ0n) is 9.02. The number of halogens is 1. The monoisotopic (exact) mass is 232 g/mol. The van der Waals surface area contributed by atoms with Gasteiger partial charge in [-0.2, -0.15) is 0 Å². The molecule has 0 heterocycles. The number of benzene rings is 2. The SMILES string of the molecule is Cc1cccc(C(O)c2cccc(Cl)c2)c1. The molecule has 2 aromatic carbocycles. The van der Waals surface area contributed by atoms with E-state index in [0.717, 1.165) is 16.7 Å². The molecule has 0 radical (unpaired) electrons. The van der Waals surface area contributed by atoms with Gasteiger partial charge < -0.3 is 5.11 Å². The van der Waals surface area contributed by atoms with Gasteiger partial charge in [0.05, 0.1) is 0 Å². The smallest absolute Gasteiger partial charge is 0.104 e. The molecule has 2 rings (SSSR count). The average molecular weight is 233 g/mol. The molecule has 2 heteroatoms. The summed E-state index contributed by atoms with van der Waals surface area (Å²) >= 11 is 5.90. The van der Waals surface area contributed by atoms with Gasteiger partial charge in [0.2, 0.25) is 0 Å². The van der Waals surface area contributed by atoms with Gasteiger partial charge in [0.1, 0.15) is 6.10 Å². The quantitative estimate of drug-likeness (QED) is 0.837. The molecule has 0 amide bonds. The fourth-order valence-electron chi connectivity index (χ4n) is 1.71. The van der Waals surface area contributed by atoms with Crippen molar-refractivity contribution in [3.8, 4) is 0 Å². The van der Waals surface area contributed by atoms with E-state index in [2.05, 4.69) is 0 Å². The Morgan fingerprint density at radius 3 is 2.25 bits per heavy atom. The maximum absolute atomic E-state index is 10.2. The van der Waals surface area contributed by atoms with Crippen LogP contribution in [0.1, 0.15) is 22.8 Å². The van der Waals surface area contributed by atoms with Crippen LogP contribution in [-0.2, 0) is 0 Å². The van der Waals surface area contributed by atoms with Gasteiger partial charge in [0.25, 0.3) is 0 Å². The van der Waals surface area contributed by atoms with Gasteiger partial charge in [-0.05, 0) is 30.2 Å². The van der Waals surface area contributed by atoms with Crippen molar-refractivity contribution in [2.45, 2.75) is 13.0 Å². The van der Waals surface area contributed by atoms with Crippen LogP contribution in [-0.4, -0.2) is 5.11 Å². The first kappa shape index (κ1) is 11.2.